The van der Waals surface area contributed by atoms with E-state index in [0.717, 1.165) is 18.4 Å². The maximum atomic E-state index is 12.1. The molecular weight excluding hydrogens is 356 g/mol. The van der Waals surface area contributed by atoms with E-state index in [1.54, 1.807) is 11.3 Å². The number of hydrogen-bond donors (Lipinski definition) is 2. The number of aromatic nitrogens is 2. The predicted molar refractivity (Wildman–Crippen MR) is 95.8 cm³/mol. The third-order valence-electron chi connectivity index (χ3n) is 4.55. The van der Waals surface area contributed by atoms with Gasteiger partial charge < -0.3 is 14.9 Å². The molecule has 0 aliphatic heterocycles. The summed E-state index contributed by atoms with van der Waals surface area (Å²) in [5.74, 6) is 0.124. The van der Waals surface area contributed by atoms with E-state index in [-0.39, 0.29) is 24.5 Å². The number of likely N-dealkylation sites (N-methyl/N-ethyl adjacent to an activating group) is 1. The molecule has 0 bridgehead atoms. The maximum Gasteiger partial charge on any atom is 0.317 e. The largest absolute Gasteiger partial charge is 0.480 e. The van der Waals surface area contributed by atoms with E-state index < -0.39 is 5.97 Å². The molecule has 140 valence electrons. The third-order valence-corrected chi connectivity index (χ3v) is 5.24. The SMILES string of the molecule is CCN(CC(=O)O)C1CC(NC(=O)CCc2nc(-c3ccsc3)no2)C1. The van der Waals surface area contributed by atoms with Gasteiger partial charge in [-0.25, -0.2) is 0 Å². The minimum Gasteiger partial charge on any atom is -0.480 e. The van der Waals surface area contributed by atoms with Gasteiger partial charge in [0.25, 0.3) is 0 Å². The standard InChI is InChI=1S/C17H22N4O4S/c1-2-21(9-16(23)24)13-7-12(8-13)18-14(22)3-4-15-19-17(20-25-15)11-5-6-26-10-11/h5-6,10,12-13H,2-4,7-9H2,1H3,(H,18,22)(H,23,24). The molecule has 1 fully saturated rings. The van der Waals surface area contributed by atoms with Gasteiger partial charge in [0.2, 0.25) is 17.6 Å². The number of carboxylic acids is 1. The Hall–Kier alpha value is -2.26. The van der Waals surface area contributed by atoms with Crippen LogP contribution in [0.2, 0.25) is 0 Å². The molecule has 0 unspecified atom stereocenters. The van der Waals surface area contributed by atoms with Gasteiger partial charge in [0.05, 0.1) is 6.54 Å². The molecule has 2 aromatic heterocycles. The van der Waals surface area contributed by atoms with Crippen molar-refractivity contribution < 1.29 is 19.2 Å². The number of carbonyl (C=O) groups is 2. The molecule has 2 aromatic rings. The van der Waals surface area contributed by atoms with Gasteiger partial charge in [-0.3, -0.25) is 14.5 Å². The zero-order chi connectivity index (χ0) is 18.5. The summed E-state index contributed by atoms with van der Waals surface area (Å²) < 4.78 is 5.19. The molecule has 2 heterocycles. The third kappa shape index (κ3) is 4.67. The highest BCUT2D eigenvalue weighted by molar-refractivity contribution is 7.08. The van der Waals surface area contributed by atoms with Gasteiger partial charge in [-0.2, -0.15) is 16.3 Å². The van der Waals surface area contributed by atoms with Crippen LogP contribution in [0.15, 0.2) is 21.3 Å². The molecule has 2 N–H and O–H groups in total. The fraction of sp³-hybridized carbons (Fsp3) is 0.529. The number of nitrogens with zero attached hydrogens (tertiary/aromatic N) is 3. The summed E-state index contributed by atoms with van der Waals surface area (Å²) in [5, 5.41) is 19.7. The van der Waals surface area contributed by atoms with Gasteiger partial charge in [-0.1, -0.05) is 12.1 Å². The number of rotatable bonds is 9. The van der Waals surface area contributed by atoms with E-state index in [4.69, 9.17) is 9.63 Å². The van der Waals surface area contributed by atoms with E-state index in [2.05, 4.69) is 15.5 Å². The highest BCUT2D eigenvalue weighted by Crippen LogP contribution is 2.25. The molecule has 0 radical (unpaired) electrons. The maximum absolute atomic E-state index is 12.1. The summed E-state index contributed by atoms with van der Waals surface area (Å²) in [4.78, 5) is 29.1. The second kappa shape index (κ2) is 8.41. The summed E-state index contributed by atoms with van der Waals surface area (Å²) in [6.45, 7) is 2.69. The highest BCUT2D eigenvalue weighted by Gasteiger charge is 2.34. The van der Waals surface area contributed by atoms with E-state index in [0.29, 0.717) is 31.1 Å². The lowest BCUT2D eigenvalue weighted by molar-refractivity contribution is -0.139. The Bertz CT molecular complexity index is 740. The lowest BCUT2D eigenvalue weighted by Crippen LogP contribution is -2.54. The number of carboxylic acid groups (broad SMARTS) is 1. The van der Waals surface area contributed by atoms with Crippen molar-refractivity contribution in [3.8, 4) is 11.4 Å². The van der Waals surface area contributed by atoms with Crippen molar-refractivity contribution >= 4 is 23.2 Å². The molecule has 9 heteroatoms. The van der Waals surface area contributed by atoms with E-state index >= 15 is 0 Å². The summed E-state index contributed by atoms with van der Waals surface area (Å²) in [7, 11) is 0. The molecule has 0 aromatic carbocycles. The summed E-state index contributed by atoms with van der Waals surface area (Å²) >= 11 is 1.56. The second-order valence-corrected chi connectivity index (χ2v) is 7.15. The lowest BCUT2D eigenvalue weighted by atomic mass is 9.85. The van der Waals surface area contributed by atoms with Crippen LogP contribution in [0, 0.1) is 0 Å². The first-order valence-electron chi connectivity index (χ1n) is 8.65. The fourth-order valence-electron chi connectivity index (χ4n) is 3.06. The van der Waals surface area contributed by atoms with Crippen molar-refractivity contribution in [2.75, 3.05) is 13.1 Å². The molecule has 0 saturated heterocycles. The van der Waals surface area contributed by atoms with Crippen LogP contribution in [-0.4, -0.2) is 57.2 Å². The van der Waals surface area contributed by atoms with Gasteiger partial charge in [-0.05, 0) is 30.8 Å². The number of amides is 1. The van der Waals surface area contributed by atoms with Gasteiger partial charge in [0, 0.05) is 35.9 Å². The molecule has 26 heavy (non-hydrogen) atoms. The van der Waals surface area contributed by atoms with E-state index in [1.165, 1.54) is 0 Å². The molecule has 1 amide bonds. The molecule has 1 saturated carbocycles. The minimum atomic E-state index is -0.819. The van der Waals surface area contributed by atoms with E-state index in [1.807, 2.05) is 28.7 Å². The van der Waals surface area contributed by atoms with Gasteiger partial charge in [0.15, 0.2) is 0 Å². The Kier molecular flexibility index (Phi) is 6.00. The molecule has 0 spiro atoms. The van der Waals surface area contributed by atoms with Crippen LogP contribution in [0.25, 0.3) is 11.4 Å². The van der Waals surface area contributed by atoms with Crippen LogP contribution in [0.1, 0.15) is 32.1 Å². The number of aliphatic carboxylic acids is 1. The average molecular weight is 378 g/mol. The first kappa shape index (κ1) is 18.5. The smallest absolute Gasteiger partial charge is 0.317 e. The topological polar surface area (TPSA) is 109 Å². The molecule has 1 aliphatic carbocycles. The Morgan fingerprint density at radius 1 is 1.46 bits per heavy atom. The van der Waals surface area contributed by atoms with Crippen molar-refractivity contribution in [2.24, 2.45) is 0 Å². The summed E-state index contributed by atoms with van der Waals surface area (Å²) in [5.41, 5.74) is 0.914. The Balaban J connectivity index is 1.38. The van der Waals surface area contributed by atoms with Crippen LogP contribution in [0.3, 0.4) is 0 Å². The number of aryl methyl sites for hydroxylation is 1. The first-order chi connectivity index (χ1) is 12.5. The van der Waals surface area contributed by atoms with Crippen molar-refractivity contribution in [2.45, 2.75) is 44.7 Å². The van der Waals surface area contributed by atoms with Crippen LogP contribution in [-0.2, 0) is 16.0 Å². The minimum absolute atomic E-state index is 0.0471. The van der Waals surface area contributed by atoms with Crippen LogP contribution >= 0.6 is 11.3 Å². The number of carbonyl (C=O) groups excluding carboxylic acids is 1. The van der Waals surface area contributed by atoms with Crippen molar-refractivity contribution in [3.05, 3.63) is 22.7 Å². The average Bonchev–Trinajstić information content (AvgIpc) is 3.24. The van der Waals surface area contributed by atoms with Crippen molar-refractivity contribution in [3.63, 3.8) is 0 Å². The first-order valence-corrected chi connectivity index (χ1v) is 9.59. The van der Waals surface area contributed by atoms with Gasteiger partial charge in [-0.15, -0.1) is 0 Å². The predicted octanol–water partition coefficient (Wildman–Crippen LogP) is 1.78. The second-order valence-electron chi connectivity index (χ2n) is 6.37. The van der Waals surface area contributed by atoms with Crippen LogP contribution < -0.4 is 5.32 Å². The Labute approximate surface area is 155 Å². The lowest BCUT2D eigenvalue weighted by Gasteiger charge is -2.42. The Morgan fingerprint density at radius 3 is 2.92 bits per heavy atom. The highest BCUT2D eigenvalue weighted by atomic mass is 32.1. The van der Waals surface area contributed by atoms with Crippen molar-refractivity contribution in [1.82, 2.24) is 20.4 Å². The zero-order valence-electron chi connectivity index (χ0n) is 14.6. The molecule has 8 nitrogen and oxygen atoms in total. The number of thiophene rings is 1. The van der Waals surface area contributed by atoms with Crippen molar-refractivity contribution in [1.29, 1.82) is 0 Å². The monoisotopic (exact) mass is 378 g/mol. The normalized spacial score (nSPS) is 19.3. The molecule has 3 rings (SSSR count). The number of nitrogens with one attached hydrogen (secondary N) is 1. The Morgan fingerprint density at radius 2 is 2.27 bits per heavy atom. The molecule has 0 atom stereocenters. The summed E-state index contributed by atoms with van der Waals surface area (Å²) in [6.07, 6.45) is 2.27. The fourth-order valence-corrected chi connectivity index (χ4v) is 3.70. The number of hydrogen-bond acceptors (Lipinski definition) is 7. The summed E-state index contributed by atoms with van der Waals surface area (Å²) in [6, 6.07) is 2.26. The van der Waals surface area contributed by atoms with Gasteiger partial charge in [0.1, 0.15) is 0 Å². The van der Waals surface area contributed by atoms with Crippen LogP contribution in [0.5, 0.6) is 0 Å². The molecular formula is C17H22N4O4S. The van der Waals surface area contributed by atoms with E-state index in [9.17, 15) is 9.59 Å². The van der Waals surface area contributed by atoms with Crippen LogP contribution in [0.4, 0.5) is 0 Å². The molecule has 1 aliphatic rings. The van der Waals surface area contributed by atoms with Gasteiger partial charge >= 0.3 is 5.97 Å². The zero-order valence-corrected chi connectivity index (χ0v) is 15.4. The quantitative estimate of drug-likeness (QED) is 0.685.